The maximum absolute atomic E-state index is 11.0. The summed E-state index contributed by atoms with van der Waals surface area (Å²) < 4.78 is 0. The van der Waals surface area contributed by atoms with Crippen molar-refractivity contribution in [1.29, 1.82) is 0 Å². The van der Waals surface area contributed by atoms with Crippen LogP contribution >= 0.6 is 46.6 Å². The number of aromatic nitrogens is 1. The van der Waals surface area contributed by atoms with E-state index in [-0.39, 0.29) is 10.6 Å². The molecule has 0 saturated carbocycles. The first-order valence-electron chi connectivity index (χ1n) is 5.43. The highest BCUT2D eigenvalue weighted by Gasteiger charge is 2.10. The first kappa shape index (κ1) is 15.4. The second kappa shape index (κ2) is 6.68. The summed E-state index contributed by atoms with van der Waals surface area (Å²) in [6.07, 6.45) is 1.60. The molecule has 0 radical (unpaired) electrons. The third kappa shape index (κ3) is 3.79. The van der Waals surface area contributed by atoms with Crippen LogP contribution in [-0.4, -0.2) is 16.1 Å². The van der Waals surface area contributed by atoms with Crippen LogP contribution in [0.4, 0.5) is 0 Å². The predicted molar refractivity (Wildman–Crippen MR) is 82.2 cm³/mol. The van der Waals surface area contributed by atoms with Crippen molar-refractivity contribution >= 4 is 52.5 Å². The second-order valence-corrected chi connectivity index (χ2v) is 6.08. The second-order valence-electron chi connectivity index (χ2n) is 3.83. The van der Waals surface area contributed by atoms with E-state index < -0.39 is 5.97 Å². The van der Waals surface area contributed by atoms with Gasteiger partial charge in [0.2, 0.25) is 0 Å². The molecule has 0 bridgehead atoms. The van der Waals surface area contributed by atoms with Gasteiger partial charge in [-0.15, -0.1) is 11.8 Å². The first-order chi connectivity index (χ1) is 9.47. The molecular formula is C13H8Cl3NO2S. The quantitative estimate of drug-likeness (QED) is 0.621. The summed E-state index contributed by atoms with van der Waals surface area (Å²) in [7, 11) is 0. The number of aromatic carboxylic acids is 1. The summed E-state index contributed by atoms with van der Waals surface area (Å²) >= 11 is 19.0. The maximum atomic E-state index is 11.0. The van der Waals surface area contributed by atoms with Gasteiger partial charge < -0.3 is 5.11 Å². The molecule has 3 nitrogen and oxygen atoms in total. The number of carbonyl (C=O) groups is 1. The molecule has 7 heteroatoms. The van der Waals surface area contributed by atoms with Gasteiger partial charge in [0.25, 0.3) is 0 Å². The minimum Gasteiger partial charge on any atom is -0.478 e. The van der Waals surface area contributed by atoms with Crippen LogP contribution in [0.3, 0.4) is 0 Å². The first-order valence-corrected chi connectivity index (χ1v) is 7.55. The third-order valence-corrected chi connectivity index (χ3v) is 4.39. The van der Waals surface area contributed by atoms with Crippen LogP contribution in [0, 0.1) is 0 Å². The molecular weight excluding hydrogens is 341 g/mol. The summed E-state index contributed by atoms with van der Waals surface area (Å²) in [5, 5.41) is 10.1. The zero-order valence-electron chi connectivity index (χ0n) is 9.94. The van der Waals surface area contributed by atoms with E-state index in [1.165, 1.54) is 17.8 Å². The smallest absolute Gasteiger partial charge is 0.337 e. The minimum absolute atomic E-state index is 0.0806. The normalized spacial score (nSPS) is 10.6. The van der Waals surface area contributed by atoms with Gasteiger partial charge in [-0.1, -0.05) is 34.8 Å². The van der Waals surface area contributed by atoms with Gasteiger partial charge in [0.1, 0.15) is 5.15 Å². The largest absolute Gasteiger partial charge is 0.478 e. The lowest BCUT2D eigenvalue weighted by Crippen LogP contribution is -1.97. The van der Waals surface area contributed by atoms with Crippen LogP contribution in [0.1, 0.15) is 15.9 Å². The molecule has 0 unspecified atom stereocenters. The van der Waals surface area contributed by atoms with Gasteiger partial charge >= 0.3 is 5.97 Å². The maximum Gasteiger partial charge on any atom is 0.337 e. The van der Waals surface area contributed by atoms with E-state index in [0.29, 0.717) is 15.9 Å². The number of halogens is 3. The molecule has 1 aromatic carbocycles. The van der Waals surface area contributed by atoms with Crippen LogP contribution < -0.4 is 0 Å². The van der Waals surface area contributed by atoms with Crippen molar-refractivity contribution in [3.8, 4) is 0 Å². The van der Waals surface area contributed by atoms with Crippen molar-refractivity contribution in [3.63, 3.8) is 0 Å². The Morgan fingerprint density at radius 1 is 1.20 bits per heavy atom. The predicted octanol–water partition coefficient (Wildman–Crippen LogP) is 5.03. The molecule has 0 aliphatic rings. The third-order valence-electron chi connectivity index (χ3n) is 2.46. The molecule has 2 rings (SSSR count). The van der Waals surface area contributed by atoms with Crippen molar-refractivity contribution in [2.45, 2.75) is 10.6 Å². The Balaban J connectivity index is 2.15. The highest BCUT2D eigenvalue weighted by molar-refractivity contribution is 7.98. The zero-order chi connectivity index (χ0) is 14.7. The van der Waals surface area contributed by atoms with Gasteiger partial charge in [0.15, 0.2) is 0 Å². The Kier molecular flexibility index (Phi) is 5.16. The Morgan fingerprint density at radius 3 is 2.60 bits per heavy atom. The molecule has 0 aliphatic carbocycles. The van der Waals surface area contributed by atoms with Crippen LogP contribution in [0.5, 0.6) is 0 Å². The number of thioether (sulfide) groups is 1. The van der Waals surface area contributed by atoms with Crippen molar-refractivity contribution in [3.05, 3.63) is 56.8 Å². The standard InChI is InChI=1S/C13H8Cl3NO2S/c14-10-2-1-8(3-9(10)13(18)19)20-6-7-5-17-12(16)4-11(7)15/h1-5H,6H2,(H,18,19). The Morgan fingerprint density at radius 2 is 1.95 bits per heavy atom. The molecule has 0 fully saturated rings. The van der Waals surface area contributed by atoms with Gasteiger partial charge in [0, 0.05) is 21.9 Å². The average molecular weight is 349 g/mol. The molecule has 0 aliphatic heterocycles. The van der Waals surface area contributed by atoms with Crippen LogP contribution in [0.25, 0.3) is 0 Å². The summed E-state index contributed by atoms with van der Waals surface area (Å²) in [5.41, 5.74) is 0.907. The van der Waals surface area contributed by atoms with E-state index >= 15 is 0 Å². The number of hydrogen-bond acceptors (Lipinski definition) is 3. The van der Waals surface area contributed by atoms with Crippen molar-refractivity contribution in [1.82, 2.24) is 4.98 Å². The van der Waals surface area contributed by atoms with Crippen molar-refractivity contribution in [2.24, 2.45) is 0 Å². The fourth-order valence-electron chi connectivity index (χ4n) is 1.46. The van der Waals surface area contributed by atoms with E-state index in [4.69, 9.17) is 39.9 Å². The lowest BCUT2D eigenvalue weighted by molar-refractivity contribution is 0.0697. The van der Waals surface area contributed by atoms with Crippen LogP contribution in [0.2, 0.25) is 15.2 Å². The van der Waals surface area contributed by atoms with Gasteiger partial charge in [-0.2, -0.15) is 0 Å². The molecule has 0 spiro atoms. The number of benzene rings is 1. The van der Waals surface area contributed by atoms with E-state index in [2.05, 4.69) is 4.98 Å². The Labute approximate surface area is 134 Å². The van der Waals surface area contributed by atoms with E-state index in [1.807, 2.05) is 0 Å². The highest BCUT2D eigenvalue weighted by atomic mass is 35.5. The number of carboxylic acid groups (broad SMARTS) is 1. The van der Waals surface area contributed by atoms with E-state index in [1.54, 1.807) is 24.4 Å². The topological polar surface area (TPSA) is 50.2 Å². The van der Waals surface area contributed by atoms with Gasteiger partial charge in [-0.25, -0.2) is 9.78 Å². The molecule has 0 amide bonds. The van der Waals surface area contributed by atoms with Gasteiger partial charge in [0.05, 0.1) is 10.6 Å². The van der Waals surface area contributed by atoms with Crippen LogP contribution in [-0.2, 0) is 5.75 Å². The summed E-state index contributed by atoms with van der Waals surface area (Å²) in [4.78, 5) is 15.8. The van der Waals surface area contributed by atoms with Crippen molar-refractivity contribution in [2.75, 3.05) is 0 Å². The Hall–Kier alpha value is -0.940. The molecule has 0 atom stereocenters. The highest BCUT2D eigenvalue weighted by Crippen LogP contribution is 2.29. The molecule has 20 heavy (non-hydrogen) atoms. The number of hydrogen-bond donors (Lipinski definition) is 1. The molecule has 1 N–H and O–H groups in total. The summed E-state index contributed by atoms with van der Waals surface area (Å²) in [5.74, 6) is -0.493. The number of nitrogens with zero attached hydrogens (tertiary/aromatic N) is 1. The average Bonchev–Trinajstić information content (AvgIpc) is 2.39. The number of carboxylic acids is 1. The van der Waals surface area contributed by atoms with Gasteiger partial charge in [-0.3, -0.25) is 0 Å². The van der Waals surface area contributed by atoms with Gasteiger partial charge in [-0.05, 0) is 29.8 Å². The molecule has 0 saturated heterocycles. The summed E-state index contributed by atoms with van der Waals surface area (Å²) in [6.45, 7) is 0. The molecule has 2 aromatic rings. The van der Waals surface area contributed by atoms with Crippen LogP contribution in [0.15, 0.2) is 35.4 Å². The fraction of sp³-hybridized carbons (Fsp3) is 0.0769. The SMILES string of the molecule is O=C(O)c1cc(SCc2cnc(Cl)cc2Cl)ccc1Cl. The van der Waals surface area contributed by atoms with E-state index in [9.17, 15) is 4.79 Å². The lowest BCUT2D eigenvalue weighted by Gasteiger charge is -2.06. The minimum atomic E-state index is -1.05. The summed E-state index contributed by atoms with van der Waals surface area (Å²) in [6, 6.07) is 6.43. The van der Waals surface area contributed by atoms with Crippen molar-refractivity contribution < 1.29 is 9.90 Å². The Bertz CT molecular complexity index is 664. The fourth-order valence-corrected chi connectivity index (χ4v) is 3.09. The molecule has 1 heterocycles. The van der Waals surface area contributed by atoms with E-state index in [0.717, 1.165) is 10.5 Å². The lowest BCUT2D eigenvalue weighted by atomic mass is 10.2. The number of pyridine rings is 1. The molecule has 1 aromatic heterocycles. The zero-order valence-corrected chi connectivity index (χ0v) is 13.0. The molecule has 104 valence electrons. The number of rotatable bonds is 4. The monoisotopic (exact) mass is 347 g/mol.